The molecule has 1 aromatic carbocycles. The van der Waals surface area contributed by atoms with E-state index in [1.807, 2.05) is 24.3 Å². The standard InChI is InChI=1S/C20H34N2O4S/c1-17(2)27(23,24)22-14-6-3-5-13-21-18-9-11-19(12-10-18)26-16-20-8-4-7-15-25-20/h9-12,17,20-22H,3-8,13-16H2,1-2H3. The van der Waals surface area contributed by atoms with E-state index < -0.39 is 10.0 Å². The van der Waals surface area contributed by atoms with Crippen molar-refractivity contribution < 1.29 is 17.9 Å². The first-order valence-electron chi connectivity index (χ1n) is 10.0. The minimum absolute atomic E-state index is 0.224. The third kappa shape index (κ3) is 8.49. The molecule has 1 fully saturated rings. The van der Waals surface area contributed by atoms with Crippen molar-refractivity contribution in [2.45, 2.75) is 63.7 Å². The van der Waals surface area contributed by atoms with E-state index in [1.54, 1.807) is 13.8 Å². The zero-order valence-corrected chi connectivity index (χ0v) is 17.4. The fourth-order valence-corrected chi connectivity index (χ4v) is 3.60. The minimum Gasteiger partial charge on any atom is -0.491 e. The summed E-state index contributed by atoms with van der Waals surface area (Å²) in [6, 6.07) is 8.00. The monoisotopic (exact) mass is 398 g/mol. The highest BCUT2D eigenvalue weighted by molar-refractivity contribution is 7.90. The van der Waals surface area contributed by atoms with Crippen molar-refractivity contribution in [3.8, 4) is 5.75 Å². The van der Waals surface area contributed by atoms with E-state index in [9.17, 15) is 8.42 Å². The molecule has 2 rings (SSSR count). The van der Waals surface area contributed by atoms with Crippen molar-refractivity contribution in [3.05, 3.63) is 24.3 Å². The lowest BCUT2D eigenvalue weighted by molar-refractivity contribution is -0.0110. The molecule has 1 aliphatic rings. The quantitative estimate of drug-likeness (QED) is 0.527. The molecule has 2 N–H and O–H groups in total. The molecule has 27 heavy (non-hydrogen) atoms. The van der Waals surface area contributed by atoms with Gasteiger partial charge in [-0.3, -0.25) is 0 Å². The van der Waals surface area contributed by atoms with Crippen LogP contribution in [0.1, 0.15) is 52.4 Å². The van der Waals surface area contributed by atoms with Crippen molar-refractivity contribution >= 4 is 15.7 Å². The number of rotatable bonds is 12. The van der Waals surface area contributed by atoms with Crippen LogP contribution in [0.25, 0.3) is 0 Å². The predicted octanol–water partition coefficient (Wildman–Crippen LogP) is 3.54. The lowest BCUT2D eigenvalue weighted by Crippen LogP contribution is -2.31. The van der Waals surface area contributed by atoms with Gasteiger partial charge in [0.2, 0.25) is 10.0 Å². The molecule has 0 aliphatic carbocycles. The average Bonchev–Trinajstić information content (AvgIpc) is 2.67. The molecule has 154 valence electrons. The third-order valence-corrected chi connectivity index (χ3v) is 6.52. The van der Waals surface area contributed by atoms with Crippen LogP contribution in [-0.2, 0) is 14.8 Å². The van der Waals surface area contributed by atoms with E-state index in [0.29, 0.717) is 13.2 Å². The summed E-state index contributed by atoms with van der Waals surface area (Å²) in [6.45, 7) is 6.22. The molecular weight excluding hydrogens is 364 g/mol. The number of ether oxygens (including phenoxy) is 2. The zero-order valence-electron chi connectivity index (χ0n) is 16.6. The van der Waals surface area contributed by atoms with Gasteiger partial charge in [-0.05, 0) is 70.2 Å². The van der Waals surface area contributed by atoms with Crippen molar-refractivity contribution in [1.29, 1.82) is 0 Å². The van der Waals surface area contributed by atoms with Gasteiger partial charge in [0.15, 0.2) is 0 Å². The van der Waals surface area contributed by atoms with Crippen molar-refractivity contribution in [1.82, 2.24) is 4.72 Å². The summed E-state index contributed by atoms with van der Waals surface area (Å²) in [6.07, 6.45) is 6.52. The summed E-state index contributed by atoms with van der Waals surface area (Å²) in [4.78, 5) is 0. The summed E-state index contributed by atoms with van der Waals surface area (Å²) < 4.78 is 37.4. The van der Waals surface area contributed by atoms with E-state index in [1.165, 1.54) is 6.42 Å². The molecule has 6 nitrogen and oxygen atoms in total. The van der Waals surface area contributed by atoms with Crippen LogP contribution in [0.5, 0.6) is 5.75 Å². The average molecular weight is 399 g/mol. The molecule has 0 bridgehead atoms. The third-order valence-electron chi connectivity index (χ3n) is 4.67. The second kappa shape index (κ2) is 11.5. The van der Waals surface area contributed by atoms with Crippen LogP contribution in [0, 0.1) is 0 Å². The summed E-state index contributed by atoms with van der Waals surface area (Å²) in [5.74, 6) is 0.868. The second-order valence-corrected chi connectivity index (χ2v) is 9.62. The van der Waals surface area contributed by atoms with Gasteiger partial charge in [0, 0.05) is 25.4 Å². The van der Waals surface area contributed by atoms with Crippen LogP contribution in [-0.4, -0.2) is 46.1 Å². The van der Waals surface area contributed by atoms with Gasteiger partial charge in [-0.15, -0.1) is 0 Å². The number of benzene rings is 1. The maximum absolute atomic E-state index is 11.6. The Morgan fingerprint density at radius 2 is 1.85 bits per heavy atom. The maximum atomic E-state index is 11.6. The number of nitrogens with one attached hydrogen (secondary N) is 2. The van der Waals surface area contributed by atoms with E-state index in [4.69, 9.17) is 9.47 Å². The van der Waals surface area contributed by atoms with Crippen LogP contribution in [0.15, 0.2) is 24.3 Å². The molecule has 7 heteroatoms. The van der Waals surface area contributed by atoms with Gasteiger partial charge in [-0.2, -0.15) is 0 Å². The summed E-state index contributed by atoms with van der Waals surface area (Å²) >= 11 is 0. The number of hydrogen-bond acceptors (Lipinski definition) is 5. The lowest BCUT2D eigenvalue weighted by atomic mass is 10.1. The Morgan fingerprint density at radius 3 is 2.52 bits per heavy atom. The van der Waals surface area contributed by atoms with Crippen molar-refractivity contribution in [2.24, 2.45) is 0 Å². The van der Waals surface area contributed by atoms with Gasteiger partial charge in [-0.25, -0.2) is 13.1 Å². The Morgan fingerprint density at radius 1 is 1.11 bits per heavy atom. The highest BCUT2D eigenvalue weighted by Gasteiger charge is 2.15. The fourth-order valence-electron chi connectivity index (χ4n) is 2.84. The molecule has 1 heterocycles. The topological polar surface area (TPSA) is 76.7 Å². The molecule has 1 saturated heterocycles. The van der Waals surface area contributed by atoms with E-state index in [2.05, 4.69) is 10.0 Å². The predicted molar refractivity (Wildman–Crippen MR) is 110 cm³/mol. The van der Waals surface area contributed by atoms with Gasteiger partial charge >= 0.3 is 0 Å². The largest absolute Gasteiger partial charge is 0.491 e. The number of anilines is 1. The molecule has 0 aromatic heterocycles. The summed E-state index contributed by atoms with van der Waals surface area (Å²) in [5, 5.41) is 3.01. The fraction of sp³-hybridized carbons (Fsp3) is 0.700. The van der Waals surface area contributed by atoms with Crippen molar-refractivity contribution in [2.75, 3.05) is 31.6 Å². The van der Waals surface area contributed by atoms with Gasteiger partial charge in [0.05, 0.1) is 11.4 Å². The molecule has 0 amide bonds. The Bertz CT molecular complexity index is 626. The molecule has 1 unspecified atom stereocenters. The van der Waals surface area contributed by atoms with Crippen LogP contribution in [0.4, 0.5) is 5.69 Å². The molecule has 1 atom stereocenters. The SMILES string of the molecule is CC(C)S(=O)(=O)NCCCCCNc1ccc(OCC2CCCCO2)cc1. The summed E-state index contributed by atoms with van der Waals surface area (Å²) in [5.41, 5.74) is 1.07. The van der Waals surface area contributed by atoms with Crippen molar-refractivity contribution in [3.63, 3.8) is 0 Å². The van der Waals surface area contributed by atoms with E-state index in [0.717, 1.165) is 56.7 Å². The Kier molecular flexibility index (Phi) is 9.38. The maximum Gasteiger partial charge on any atom is 0.213 e. The number of sulfonamides is 1. The highest BCUT2D eigenvalue weighted by Crippen LogP contribution is 2.18. The Labute approximate surface area is 164 Å². The number of unbranched alkanes of at least 4 members (excludes halogenated alkanes) is 2. The number of hydrogen-bond donors (Lipinski definition) is 2. The Hall–Kier alpha value is -1.31. The first kappa shape index (κ1) is 22.0. The van der Waals surface area contributed by atoms with Crippen LogP contribution < -0.4 is 14.8 Å². The Balaban J connectivity index is 1.54. The smallest absolute Gasteiger partial charge is 0.213 e. The minimum atomic E-state index is -3.14. The second-order valence-electron chi connectivity index (χ2n) is 7.30. The molecule has 0 saturated carbocycles. The first-order chi connectivity index (χ1) is 13.0. The van der Waals surface area contributed by atoms with Crippen LogP contribution in [0.2, 0.25) is 0 Å². The first-order valence-corrected chi connectivity index (χ1v) is 11.6. The molecular formula is C20H34N2O4S. The summed E-state index contributed by atoms with van der Waals surface area (Å²) in [7, 11) is -3.14. The highest BCUT2D eigenvalue weighted by atomic mass is 32.2. The molecule has 0 radical (unpaired) electrons. The zero-order chi connectivity index (χ0) is 19.5. The van der Waals surface area contributed by atoms with Gasteiger partial charge < -0.3 is 14.8 Å². The van der Waals surface area contributed by atoms with Gasteiger partial charge in [0.25, 0.3) is 0 Å². The van der Waals surface area contributed by atoms with Gasteiger partial charge in [-0.1, -0.05) is 6.42 Å². The van der Waals surface area contributed by atoms with Crippen LogP contribution in [0.3, 0.4) is 0 Å². The van der Waals surface area contributed by atoms with E-state index in [-0.39, 0.29) is 11.4 Å². The molecule has 1 aromatic rings. The van der Waals surface area contributed by atoms with Crippen LogP contribution >= 0.6 is 0 Å². The van der Waals surface area contributed by atoms with Gasteiger partial charge in [0.1, 0.15) is 12.4 Å². The van der Waals surface area contributed by atoms with E-state index >= 15 is 0 Å². The molecule has 0 spiro atoms. The lowest BCUT2D eigenvalue weighted by Gasteiger charge is -2.22. The normalized spacial score (nSPS) is 17.8. The molecule has 1 aliphatic heterocycles.